The number of carbonyl (C=O) groups excluding carboxylic acids is 2. The van der Waals surface area contributed by atoms with E-state index in [4.69, 9.17) is 16.3 Å². The molecule has 1 saturated heterocycles. The Bertz CT molecular complexity index is 1180. The maximum absolute atomic E-state index is 13.1. The minimum Gasteiger partial charge on any atom is -0.469 e. The van der Waals surface area contributed by atoms with E-state index >= 15 is 0 Å². The first-order valence-electron chi connectivity index (χ1n) is 11.3. The van der Waals surface area contributed by atoms with E-state index in [-0.39, 0.29) is 11.9 Å². The number of esters is 1. The highest BCUT2D eigenvalue weighted by Gasteiger charge is 2.24. The summed E-state index contributed by atoms with van der Waals surface area (Å²) < 4.78 is 6.60. The fourth-order valence-electron chi connectivity index (χ4n) is 4.28. The minimum absolute atomic E-state index is 0.00505. The topological polar surface area (TPSA) is 80.6 Å². The Balaban J connectivity index is 1.42. The molecule has 8 nitrogen and oxygen atoms in total. The van der Waals surface area contributed by atoms with Crippen LogP contribution < -0.4 is 4.90 Å². The highest BCUT2D eigenvalue weighted by Crippen LogP contribution is 2.24. The molecule has 2 aromatic heterocycles. The molecule has 0 bridgehead atoms. The molecule has 0 unspecified atom stereocenters. The number of rotatable bonds is 6. The van der Waals surface area contributed by atoms with E-state index in [0.29, 0.717) is 49.6 Å². The summed E-state index contributed by atoms with van der Waals surface area (Å²) in [5.74, 6) is 0.528. The molecule has 3 aromatic rings. The number of aryl methyl sites for hydroxylation is 1. The van der Waals surface area contributed by atoms with Gasteiger partial charge in [0.1, 0.15) is 5.82 Å². The quantitative estimate of drug-likeness (QED) is 0.500. The number of hydrogen-bond donors (Lipinski definition) is 0. The van der Waals surface area contributed by atoms with Crippen molar-refractivity contribution >= 4 is 29.3 Å². The smallest absolute Gasteiger partial charge is 0.305 e. The molecule has 178 valence electrons. The van der Waals surface area contributed by atoms with Crippen LogP contribution in [-0.4, -0.2) is 64.8 Å². The summed E-state index contributed by atoms with van der Waals surface area (Å²) in [5, 5.41) is 5.26. The van der Waals surface area contributed by atoms with Gasteiger partial charge in [-0.15, -0.1) is 0 Å². The first kappa shape index (κ1) is 23.8. The number of methoxy groups -OCH3 is 1. The van der Waals surface area contributed by atoms with Crippen molar-refractivity contribution < 1.29 is 14.3 Å². The summed E-state index contributed by atoms with van der Waals surface area (Å²) in [6.07, 6.45) is 2.62. The average Bonchev–Trinajstić information content (AvgIpc) is 3.15. The summed E-state index contributed by atoms with van der Waals surface area (Å²) >= 11 is 6.27. The van der Waals surface area contributed by atoms with Crippen molar-refractivity contribution in [1.29, 1.82) is 0 Å². The molecule has 3 heterocycles. The van der Waals surface area contributed by atoms with Crippen LogP contribution in [0.5, 0.6) is 0 Å². The van der Waals surface area contributed by atoms with Gasteiger partial charge in [-0.2, -0.15) is 5.10 Å². The molecule has 0 radical (unpaired) electrons. The number of ether oxygens (including phenoxy) is 1. The van der Waals surface area contributed by atoms with Crippen molar-refractivity contribution in [2.75, 3.05) is 38.2 Å². The second-order valence-electron chi connectivity index (χ2n) is 8.27. The number of anilines is 1. The zero-order valence-electron chi connectivity index (χ0n) is 19.6. The number of amides is 1. The number of hydrogen-bond acceptors (Lipinski definition) is 6. The third-order valence-corrected chi connectivity index (χ3v) is 6.51. The number of halogens is 1. The molecule has 0 spiro atoms. The summed E-state index contributed by atoms with van der Waals surface area (Å²) in [7, 11) is 1.39. The van der Waals surface area contributed by atoms with Crippen LogP contribution in [0.3, 0.4) is 0 Å². The Hall–Kier alpha value is -3.39. The highest BCUT2D eigenvalue weighted by atomic mass is 35.5. The molecule has 0 saturated carbocycles. The number of pyridine rings is 1. The molecule has 0 atom stereocenters. The molecule has 1 aliphatic heterocycles. The van der Waals surface area contributed by atoms with Gasteiger partial charge in [0, 0.05) is 50.1 Å². The van der Waals surface area contributed by atoms with Gasteiger partial charge in [-0.3, -0.25) is 9.59 Å². The number of carbonyl (C=O) groups is 2. The van der Waals surface area contributed by atoms with E-state index in [0.717, 1.165) is 28.5 Å². The van der Waals surface area contributed by atoms with Crippen molar-refractivity contribution in [2.45, 2.75) is 26.7 Å². The summed E-state index contributed by atoms with van der Waals surface area (Å²) in [6, 6.07) is 11.1. The maximum Gasteiger partial charge on any atom is 0.305 e. The Morgan fingerprint density at radius 3 is 2.41 bits per heavy atom. The van der Waals surface area contributed by atoms with Gasteiger partial charge in [-0.25, -0.2) is 9.67 Å². The molecule has 1 amide bonds. The van der Waals surface area contributed by atoms with Gasteiger partial charge in [0.25, 0.3) is 5.91 Å². The van der Waals surface area contributed by atoms with Crippen LogP contribution in [0, 0.1) is 13.8 Å². The van der Waals surface area contributed by atoms with Crippen LogP contribution in [0.4, 0.5) is 5.82 Å². The van der Waals surface area contributed by atoms with Crippen LogP contribution >= 0.6 is 11.6 Å². The number of aromatic nitrogens is 3. The predicted octanol–water partition coefficient (Wildman–Crippen LogP) is 3.61. The number of benzene rings is 1. The monoisotopic (exact) mass is 481 g/mol. The summed E-state index contributed by atoms with van der Waals surface area (Å²) in [4.78, 5) is 32.9. The molecule has 1 aromatic carbocycles. The zero-order valence-corrected chi connectivity index (χ0v) is 20.4. The Morgan fingerprint density at radius 2 is 1.76 bits per heavy atom. The van der Waals surface area contributed by atoms with Crippen molar-refractivity contribution in [3.05, 3.63) is 70.1 Å². The van der Waals surface area contributed by atoms with Crippen LogP contribution in [0.25, 0.3) is 5.69 Å². The van der Waals surface area contributed by atoms with Gasteiger partial charge in [0.05, 0.1) is 23.5 Å². The maximum atomic E-state index is 13.1. The molecular weight excluding hydrogens is 454 g/mol. The van der Waals surface area contributed by atoms with E-state index in [1.54, 1.807) is 6.20 Å². The van der Waals surface area contributed by atoms with Crippen molar-refractivity contribution in [2.24, 2.45) is 0 Å². The highest BCUT2D eigenvalue weighted by molar-refractivity contribution is 6.32. The minimum atomic E-state index is -0.238. The molecule has 0 N–H and O–H groups in total. The first-order chi connectivity index (χ1) is 16.4. The molecule has 34 heavy (non-hydrogen) atoms. The second kappa shape index (κ2) is 10.3. The lowest BCUT2D eigenvalue weighted by Crippen LogP contribution is -2.49. The molecule has 1 aliphatic rings. The fraction of sp³-hybridized carbons (Fsp3) is 0.360. The van der Waals surface area contributed by atoms with Crippen LogP contribution in [0.15, 0.2) is 42.6 Å². The molecule has 1 fully saturated rings. The number of nitrogens with zero attached hydrogens (tertiary/aromatic N) is 5. The lowest BCUT2D eigenvalue weighted by Gasteiger charge is -2.35. The lowest BCUT2D eigenvalue weighted by atomic mass is 10.1. The van der Waals surface area contributed by atoms with Gasteiger partial charge in [0.15, 0.2) is 0 Å². The van der Waals surface area contributed by atoms with E-state index in [9.17, 15) is 9.59 Å². The third-order valence-electron chi connectivity index (χ3n) is 6.21. The van der Waals surface area contributed by atoms with E-state index in [2.05, 4.69) is 15.0 Å². The normalized spacial score (nSPS) is 13.8. The fourth-order valence-corrected chi connectivity index (χ4v) is 4.52. The van der Waals surface area contributed by atoms with Gasteiger partial charge in [-0.05, 0) is 62.2 Å². The second-order valence-corrected chi connectivity index (χ2v) is 8.68. The van der Waals surface area contributed by atoms with Crippen molar-refractivity contribution in [3.63, 3.8) is 0 Å². The van der Waals surface area contributed by atoms with Crippen molar-refractivity contribution in [1.82, 2.24) is 19.7 Å². The van der Waals surface area contributed by atoms with Crippen molar-refractivity contribution in [3.8, 4) is 5.69 Å². The molecule has 9 heteroatoms. The van der Waals surface area contributed by atoms with Crippen LogP contribution in [0.1, 0.15) is 33.7 Å². The third kappa shape index (κ3) is 4.92. The SMILES string of the molecule is COC(=O)CCc1c(C)nn(-c2ccc(C(=O)N3CCN(c4ncccc4Cl)CC3)cc2)c1C. The Labute approximate surface area is 204 Å². The molecular formula is C25H28ClN5O3. The van der Waals surface area contributed by atoms with Gasteiger partial charge in [-0.1, -0.05) is 11.6 Å². The largest absolute Gasteiger partial charge is 0.469 e. The van der Waals surface area contributed by atoms with Gasteiger partial charge in [0.2, 0.25) is 0 Å². The predicted molar refractivity (Wildman–Crippen MR) is 131 cm³/mol. The Kier molecular flexibility index (Phi) is 7.17. The summed E-state index contributed by atoms with van der Waals surface area (Å²) in [6.45, 7) is 6.50. The first-order valence-corrected chi connectivity index (χ1v) is 11.6. The summed E-state index contributed by atoms with van der Waals surface area (Å²) in [5.41, 5.74) is 4.41. The van der Waals surface area contributed by atoms with E-state index in [1.807, 2.05) is 59.8 Å². The lowest BCUT2D eigenvalue weighted by molar-refractivity contribution is -0.140. The van der Waals surface area contributed by atoms with Gasteiger partial charge < -0.3 is 14.5 Å². The van der Waals surface area contributed by atoms with Gasteiger partial charge >= 0.3 is 5.97 Å². The van der Waals surface area contributed by atoms with Crippen LogP contribution in [-0.2, 0) is 16.0 Å². The van der Waals surface area contributed by atoms with E-state index in [1.165, 1.54) is 7.11 Å². The molecule has 0 aliphatic carbocycles. The Morgan fingerprint density at radius 1 is 1.06 bits per heavy atom. The van der Waals surface area contributed by atoms with Crippen LogP contribution in [0.2, 0.25) is 5.02 Å². The number of piperazine rings is 1. The average molecular weight is 482 g/mol. The van der Waals surface area contributed by atoms with E-state index < -0.39 is 0 Å². The standard InChI is InChI=1S/C25H28ClN5O3/c1-17-21(10-11-23(32)34-3)18(2)31(28-17)20-8-6-19(7-9-20)25(33)30-15-13-29(14-16-30)24-22(26)5-4-12-27-24/h4-9,12H,10-11,13-16H2,1-3H3. The zero-order chi connectivity index (χ0) is 24.2. The molecule has 4 rings (SSSR count).